The average Bonchev–Trinajstić information content (AvgIpc) is 2.87. The van der Waals surface area contributed by atoms with Crippen molar-refractivity contribution in [3.63, 3.8) is 0 Å². The van der Waals surface area contributed by atoms with Gasteiger partial charge in [0.05, 0.1) is 25.3 Å². The van der Waals surface area contributed by atoms with Crippen molar-refractivity contribution >= 4 is 22.8 Å². The van der Waals surface area contributed by atoms with E-state index < -0.39 is 0 Å². The van der Waals surface area contributed by atoms with E-state index in [-0.39, 0.29) is 0 Å². The molecule has 5 nitrogen and oxygen atoms in total. The van der Waals surface area contributed by atoms with Crippen molar-refractivity contribution in [1.82, 2.24) is 15.3 Å². The van der Waals surface area contributed by atoms with E-state index in [2.05, 4.69) is 15.3 Å². The Morgan fingerprint density at radius 3 is 2.80 bits per heavy atom. The third kappa shape index (κ3) is 2.71. The Balaban J connectivity index is 1.85. The number of rotatable bonds is 4. The van der Waals surface area contributed by atoms with Crippen LogP contribution in [0.4, 0.5) is 0 Å². The molecule has 1 saturated heterocycles. The van der Waals surface area contributed by atoms with E-state index in [4.69, 9.17) is 9.47 Å². The molecule has 108 valence electrons. The summed E-state index contributed by atoms with van der Waals surface area (Å²) in [5.74, 6) is 4.79. The van der Waals surface area contributed by atoms with Gasteiger partial charge in [0.2, 0.25) is 0 Å². The number of aromatic nitrogens is 2. The van der Waals surface area contributed by atoms with E-state index in [1.165, 1.54) is 5.75 Å². The molecule has 0 saturated carbocycles. The minimum Gasteiger partial charge on any atom is -0.493 e. The summed E-state index contributed by atoms with van der Waals surface area (Å²) >= 11 is 2.00. The largest absolute Gasteiger partial charge is 0.493 e. The zero-order valence-electron chi connectivity index (χ0n) is 11.7. The number of nitrogens with one attached hydrogen (secondary N) is 2. The van der Waals surface area contributed by atoms with Crippen LogP contribution in [0.3, 0.4) is 0 Å². The van der Waals surface area contributed by atoms with Crippen molar-refractivity contribution < 1.29 is 9.47 Å². The smallest absolute Gasteiger partial charge is 0.163 e. The summed E-state index contributed by atoms with van der Waals surface area (Å²) in [6.07, 6.45) is 0.923. The number of hydrogen-bond acceptors (Lipinski definition) is 5. The Hall–Kier alpha value is -1.40. The first-order valence-electron chi connectivity index (χ1n) is 6.72. The van der Waals surface area contributed by atoms with Crippen molar-refractivity contribution in [3.8, 4) is 11.5 Å². The van der Waals surface area contributed by atoms with Gasteiger partial charge in [-0.15, -0.1) is 0 Å². The van der Waals surface area contributed by atoms with E-state index in [1.807, 2.05) is 23.9 Å². The number of thioether (sulfide) groups is 1. The summed E-state index contributed by atoms with van der Waals surface area (Å²) in [7, 11) is 3.28. The van der Waals surface area contributed by atoms with Gasteiger partial charge in [-0.3, -0.25) is 0 Å². The summed E-state index contributed by atoms with van der Waals surface area (Å²) in [6.45, 7) is 1.08. The van der Waals surface area contributed by atoms with Crippen LogP contribution in [0.1, 0.15) is 5.82 Å². The SMILES string of the molecule is COc1cc2nc(CC3CSCCN3)[nH]c2cc1OC. The van der Waals surface area contributed by atoms with Crippen LogP contribution in [-0.2, 0) is 6.42 Å². The zero-order chi connectivity index (χ0) is 13.9. The summed E-state index contributed by atoms with van der Waals surface area (Å²) in [5.41, 5.74) is 1.90. The number of imidazole rings is 1. The van der Waals surface area contributed by atoms with Crippen molar-refractivity contribution in [3.05, 3.63) is 18.0 Å². The predicted octanol–water partition coefficient (Wildman–Crippen LogP) is 1.83. The van der Waals surface area contributed by atoms with Crippen molar-refractivity contribution in [2.45, 2.75) is 12.5 Å². The van der Waals surface area contributed by atoms with E-state index in [9.17, 15) is 0 Å². The molecule has 2 heterocycles. The average molecular weight is 293 g/mol. The lowest BCUT2D eigenvalue weighted by Gasteiger charge is -2.21. The summed E-state index contributed by atoms with van der Waals surface area (Å²) in [5, 5.41) is 3.53. The predicted molar refractivity (Wildman–Crippen MR) is 82.0 cm³/mol. The fourth-order valence-electron chi connectivity index (χ4n) is 2.47. The Morgan fingerprint density at radius 1 is 1.30 bits per heavy atom. The molecule has 3 rings (SSSR count). The maximum absolute atomic E-state index is 5.32. The third-order valence-electron chi connectivity index (χ3n) is 3.47. The summed E-state index contributed by atoms with van der Waals surface area (Å²) < 4.78 is 10.6. The van der Waals surface area contributed by atoms with Crippen LogP contribution in [0.15, 0.2) is 12.1 Å². The molecule has 2 N–H and O–H groups in total. The Bertz CT molecular complexity index is 552. The highest BCUT2D eigenvalue weighted by Gasteiger charge is 2.16. The second-order valence-corrected chi connectivity index (χ2v) is 5.99. The molecule has 1 aliphatic rings. The second-order valence-electron chi connectivity index (χ2n) is 4.84. The number of H-pyrrole nitrogens is 1. The van der Waals surface area contributed by atoms with Crippen LogP contribution in [0.2, 0.25) is 0 Å². The third-order valence-corrected chi connectivity index (χ3v) is 4.61. The van der Waals surface area contributed by atoms with Crippen LogP contribution in [-0.4, -0.2) is 48.3 Å². The molecule has 20 heavy (non-hydrogen) atoms. The molecule has 1 aliphatic heterocycles. The molecule has 0 amide bonds. The number of ether oxygens (including phenoxy) is 2. The molecule has 1 fully saturated rings. The standard InChI is InChI=1S/C14H19N3O2S/c1-18-12-6-10-11(7-13(12)19-2)17-14(16-10)5-9-8-20-4-3-15-9/h6-7,9,15H,3-5,8H2,1-2H3,(H,16,17). The summed E-state index contributed by atoms with van der Waals surface area (Å²) in [6, 6.07) is 4.35. The van der Waals surface area contributed by atoms with Gasteiger partial charge >= 0.3 is 0 Å². The topological polar surface area (TPSA) is 59.2 Å². The number of methoxy groups -OCH3 is 2. The molecule has 1 aromatic carbocycles. The van der Waals surface area contributed by atoms with Gasteiger partial charge in [0.25, 0.3) is 0 Å². The summed E-state index contributed by atoms with van der Waals surface area (Å²) in [4.78, 5) is 8.02. The Morgan fingerprint density at radius 2 is 2.10 bits per heavy atom. The van der Waals surface area contributed by atoms with Crippen LogP contribution >= 0.6 is 11.8 Å². The lowest BCUT2D eigenvalue weighted by Crippen LogP contribution is -2.39. The fourth-order valence-corrected chi connectivity index (χ4v) is 3.42. The van der Waals surface area contributed by atoms with E-state index in [0.29, 0.717) is 11.8 Å². The molecule has 0 spiro atoms. The molecular weight excluding hydrogens is 274 g/mol. The zero-order valence-corrected chi connectivity index (χ0v) is 12.5. The molecule has 0 radical (unpaired) electrons. The van der Waals surface area contributed by atoms with Gasteiger partial charge in [-0.05, 0) is 0 Å². The van der Waals surface area contributed by atoms with Crippen molar-refractivity contribution in [1.29, 1.82) is 0 Å². The van der Waals surface area contributed by atoms with Crippen molar-refractivity contribution in [2.75, 3.05) is 32.3 Å². The first-order valence-corrected chi connectivity index (χ1v) is 7.87. The molecule has 1 atom stereocenters. The number of aromatic amines is 1. The molecule has 2 aromatic rings. The quantitative estimate of drug-likeness (QED) is 0.900. The monoisotopic (exact) mass is 293 g/mol. The minimum absolute atomic E-state index is 0.498. The van der Waals surface area contributed by atoms with Gasteiger partial charge < -0.3 is 19.8 Å². The first-order chi connectivity index (χ1) is 9.80. The molecule has 1 unspecified atom stereocenters. The maximum Gasteiger partial charge on any atom is 0.163 e. The van der Waals surface area contributed by atoms with E-state index in [0.717, 1.165) is 41.3 Å². The maximum atomic E-state index is 5.32. The fraction of sp³-hybridized carbons (Fsp3) is 0.500. The highest BCUT2D eigenvalue weighted by Crippen LogP contribution is 2.31. The van der Waals surface area contributed by atoms with Crippen LogP contribution in [0.25, 0.3) is 11.0 Å². The Kier molecular flexibility index (Phi) is 4.03. The normalized spacial score (nSPS) is 19.2. The highest BCUT2D eigenvalue weighted by atomic mass is 32.2. The highest BCUT2D eigenvalue weighted by molar-refractivity contribution is 7.99. The number of hydrogen-bond donors (Lipinski definition) is 2. The number of fused-ring (bicyclic) bond motifs is 1. The molecule has 6 heteroatoms. The van der Waals surface area contributed by atoms with Crippen LogP contribution < -0.4 is 14.8 Å². The van der Waals surface area contributed by atoms with Gasteiger partial charge in [-0.1, -0.05) is 0 Å². The van der Waals surface area contributed by atoms with Gasteiger partial charge in [-0.2, -0.15) is 11.8 Å². The lowest BCUT2D eigenvalue weighted by molar-refractivity contribution is 0.356. The van der Waals surface area contributed by atoms with Gasteiger partial charge in [0.1, 0.15) is 5.82 Å². The van der Waals surface area contributed by atoms with Gasteiger partial charge in [0, 0.05) is 42.6 Å². The molecule has 0 aliphatic carbocycles. The Labute approximate surface area is 122 Å². The van der Waals surface area contributed by atoms with E-state index in [1.54, 1.807) is 14.2 Å². The minimum atomic E-state index is 0.498. The van der Waals surface area contributed by atoms with E-state index >= 15 is 0 Å². The van der Waals surface area contributed by atoms with Crippen LogP contribution in [0, 0.1) is 0 Å². The first kappa shape index (κ1) is 13.6. The van der Waals surface area contributed by atoms with Crippen molar-refractivity contribution in [2.24, 2.45) is 0 Å². The lowest BCUT2D eigenvalue weighted by atomic mass is 10.2. The van der Waals surface area contributed by atoms with Gasteiger partial charge in [-0.25, -0.2) is 4.98 Å². The number of benzene rings is 1. The number of nitrogens with zero attached hydrogens (tertiary/aromatic N) is 1. The molecule has 1 aromatic heterocycles. The molecule has 0 bridgehead atoms. The van der Waals surface area contributed by atoms with Crippen LogP contribution in [0.5, 0.6) is 11.5 Å². The second kappa shape index (κ2) is 5.93. The molecular formula is C14H19N3O2S. The van der Waals surface area contributed by atoms with Gasteiger partial charge in [0.15, 0.2) is 11.5 Å².